The molecule has 2 aromatic rings. The van der Waals surface area contributed by atoms with E-state index < -0.39 is 10.0 Å². The number of hydrogen-bond donors (Lipinski definition) is 3. The van der Waals surface area contributed by atoms with Crippen LogP contribution in [0.4, 0.5) is 11.6 Å². The summed E-state index contributed by atoms with van der Waals surface area (Å²) >= 11 is 0. The highest BCUT2D eigenvalue weighted by molar-refractivity contribution is 7.92. The van der Waals surface area contributed by atoms with Gasteiger partial charge >= 0.3 is 0 Å². The van der Waals surface area contributed by atoms with Crippen LogP contribution >= 0.6 is 0 Å². The smallest absolute Gasteiger partial charge is 0.265 e. The zero-order valence-electron chi connectivity index (χ0n) is 11.4. The lowest BCUT2D eigenvalue weighted by Gasteiger charge is -2.08. The van der Waals surface area contributed by atoms with Crippen molar-refractivity contribution in [3.8, 4) is 0 Å². The van der Waals surface area contributed by atoms with Gasteiger partial charge in [-0.1, -0.05) is 0 Å². The highest BCUT2D eigenvalue weighted by atomic mass is 32.2. The zero-order valence-corrected chi connectivity index (χ0v) is 12.2. The number of aryl methyl sites for hydroxylation is 2. The minimum absolute atomic E-state index is 0.000784. The van der Waals surface area contributed by atoms with Gasteiger partial charge in [0.2, 0.25) is 5.95 Å². The molecule has 0 spiro atoms. The molecule has 0 aliphatic carbocycles. The van der Waals surface area contributed by atoms with E-state index in [4.69, 9.17) is 0 Å². The van der Waals surface area contributed by atoms with Gasteiger partial charge in [-0.3, -0.25) is 9.82 Å². The number of rotatable bonds is 5. The van der Waals surface area contributed by atoms with Gasteiger partial charge in [-0.2, -0.15) is 5.10 Å². The molecule has 3 N–H and O–H groups in total. The Labute approximate surface area is 117 Å². The van der Waals surface area contributed by atoms with Crippen molar-refractivity contribution < 1.29 is 8.42 Å². The normalized spacial score (nSPS) is 11.3. The number of hydrogen-bond acceptors (Lipinski definition) is 6. The van der Waals surface area contributed by atoms with Crippen LogP contribution in [0.25, 0.3) is 0 Å². The van der Waals surface area contributed by atoms with E-state index in [0.29, 0.717) is 29.6 Å². The number of aromatic amines is 1. The first kappa shape index (κ1) is 14.3. The number of anilines is 2. The molecule has 0 fully saturated rings. The first-order valence-electron chi connectivity index (χ1n) is 6.04. The lowest BCUT2D eigenvalue weighted by molar-refractivity contribution is 0.600. The lowest BCUT2D eigenvalue weighted by atomic mass is 10.3. The fraction of sp³-hybridized carbons (Fsp3) is 0.364. The summed E-state index contributed by atoms with van der Waals surface area (Å²) in [5.74, 6) is 0.391. The molecule has 8 nitrogen and oxygen atoms in total. The van der Waals surface area contributed by atoms with E-state index >= 15 is 0 Å². The summed E-state index contributed by atoms with van der Waals surface area (Å²) in [6, 6.07) is 0. The third kappa shape index (κ3) is 2.87. The third-order valence-corrected chi connectivity index (χ3v) is 3.94. The van der Waals surface area contributed by atoms with E-state index in [1.807, 2.05) is 6.92 Å². The van der Waals surface area contributed by atoms with Gasteiger partial charge in [0.25, 0.3) is 10.0 Å². The molecule has 0 saturated heterocycles. The molecule has 0 bridgehead atoms. The standard InChI is InChI=1S/C11H16N6O2S/c1-4-12-11-13-5-9(6-14-11)20(18,19)17-10-7(2)15-16-8(10)3/h5-6,17H,4H2,1-3H3,(H,15,16)(H,12,13,14). The van der Waals surface area contributed by atoms with Gasteiger partial charge in [0.05, 0.1) is 29.5 Å². The molecule has 0 aliphatic heterocycles. The van der Waals surface area contributed by atoms with Crippen LogP contribution in [-0.2, 0) is 10.0 Å². The van der Waals surface area contributed by atoms with E-state index in [1.165, 1.54) is 12.4 Å². The fourth-order valence-electron chi connectivity index (χ4n) is 1.60. The second-order valence-corrected chi connectivity index (χ2v) is 5.87. The van der Waals surface area contributed by atoms with E-state index in [-0.39, 0.29) is 4.90 Å². The van der Waals surface area contributed by atoms with Gasteiger partial charge in [-0.15, -0.1) is 0 Å². The second-order valence-electron chi connectivity index (χ2n) is 4.19. The van der Waals surface area contributed by atoms with Crippen molar-refractivity contribution >= 4 is 21.7 Å². The molecule has 0 unspecified atom stereocenters. The maximum absolute atomic E-state index is 12.2. The van der Waals surface area contributed by atoms with Gasteiger partial charge in [-0.05, 0) is 20.8 Å². The number of H-pyrrole nitrogens is 1. The van der Waals surface area contributed by atoms with Crippen LogP contribution < -0.4 is 10.0 Å². The highest BCUT2D eigenvalue weighted by Gasteiger charge is 2.19. The Hall–Kier alpha value is -2.16. The van der Waals surface area contributed by atoms with Crippen LogP contribution in [-0.4, -0.2) is 35.1 Å². The van der Waals surface area contributed by atoms with Gasteiger partial charge in [0, 0.05) is 6.54 Å². The molecule has 2 heterocycles. The summed E-state index contributed by atoms with van der Waals surface area (Å²) in [5, 5.41) is 9.56. The molecule has 0 atom stereocenters. The molecule has 9 heteroatoms. The molecule has 0 aliphatic rings. The van der Waals surface area contributed by atoms with E-state index in [0.717, 1.165) is 0 Å². The summed E-state index contributed by atoms with van der Waals surface area (Å²) in [7, 11) is -3.72. The number of aromatic nitrogens is 4. The molecule has 20 heavy (non-hydrogen) atoms. The first-order valence-corrected chi connectivity index (χ1v) is 7.52. The molecule has 0 amide bonds. The average Bonchev–Trinajstić information content (AvgIpc) is 2.71. The monoisotopic (exact) mass is 296 g/mol. The number of nitrogens with one attached hydrogen (secondary N) is 3. The van der Waals surface area contributed by atoms with Crippen LogP contribution in [0.1, 0.15) is 18.3 Å². The van der Waals surface area contributed by atoms with E-state index in [2.05, 4.69) is 30.2 Å². The van der Waals surface area contributed by atoms with Gasteiger partial charge in [0.1, 0.15) is 4.90 Å². The number of sulfonamides is 1. The summed E-state index contributed by atoms with van der Waals surface area (Å²) < 4.78 is 26.9. The molecule has 108 valence electrons. The molecule has 2 rings (SSSR count). The van der Waals surface area contributed by atoms with Crippen LogP contribution in [0.5, 0.6) is 0 Å². The predicted octanol–water partition coefficient (Wildman–Crippen LogP) is 1.05. The third-order valence-electron chi connectivity index (χ3n) is 2.64. The van der Waals surface area contributed by atoms with E-state index in [1.54, 1.807) is 13.8 Å². The van der Waals surface area contributed by atoms with Crippen molar-refractivity contribution in [1.82, 2.24) is 20.2 Å². The van der Waals surface area contributed by atoms with Crippen LogP contribution in [0.2, 0.25) is 0 Å². The van der Waals surface area contributed by atoms with Crippen molar-refractivity contribution in [1.29, 1.82) is 0 Å². The molecule has 2 aromatic heterocycles. The first-order chi connectivity index (χ1) is 9.44. The van der Waals surface area contributed by atoms with Crippen LogP contribution in [0.3, 0.4) is 0 Å². The Balaban J connectivity index is 2.26. The van der Waals surface area contributed by atoms with Crippen LogP contribution in [0, 0.1) is 13.8 Å². The fourth-order valence-corrected chi connectivity index (χ4v) is 2.67. The largest absolute Gasteiger partial charge is 0.355 e. The SMILES string of the molecule is CCNc1ncc(S(=O)(=O)Nc2c(C)n[nH]c2C)cn1. The summed E-state index contributed by atoms with van der Waals surface area (Å²) in [6.07, 6.45) is 2.52. The molecule has 0 radical (unpaired) electrons. The molecular weight excluding hydrogens is 280 g/mol. The van der Waals surface area contributed by atoms with Crippen molar-refractivity contribution in [3.63, 3.8) is 0 Å². The summed E-state index contributed by atoms with van der Waals surface area (Å²) in [5.41, 5.74) is 1.67. The minimum atomic E-state index is -3.72. The minimum Gasteiger partial charge on any atom is -0.355 e. The lowest BCUT2D eigenvalue weighted by Crippen LogP contribution is -2.15. The predicted molar refractivity (Wildman–Crippen MR) is 75.1 cm³/mol. The second kappa shape index (κ2) is 5.45. The Morgan fingerprint density at radius 1 is 1.25 bits per heavy atom. The van der Waals surface area contributed by atoms with Crippen molar-refractivity contribution in [2.24, 2.45) is 0 Å². The molecule has 0 aromatic carbocycles. The quantitative estimate of drug-likeness (QED) is 0.760. The maximum Gasteiger partial charge on any atom is 0.265 e. The highest BCUT2D eigenvalue weighted by Crippen LogP contribution is 2.20. The molecule has 0 saturated carbocycles. The van der Waals surface area contributed by atoms with E-state index in [9.17, 15) is 8.42 Å². The van der Waals surface area contributed by atoms with Gasteiger partial charge in [0.15, 0.2) is 0 Å². The van der Waals surface area contributed by atoms with Crippen molar-refractivity contribution in [2.75, 3.05) is 16.6 Å². The Bertz CT molecular complexity index is 673. The number of nitrogens with zero attached hydrogens (tertiary/aromatic N) is 3. The maximum atomic E-state index is 12.2. The van der Waals surface area contributed by atoms with Gasteiger partial charge in [-0.25, -0.2) is 18.4 Å². The Kier molecular flexibility index (Phi) is 3.89. The summed E-state index contributed by atoms with van der Waals surface area (Å²) in [4.78, 5) is 7.89. The Morgan fingerprint density at radius 3 is 2.40 bits per heavy atom. The zero-order chi connectivity index (χ0) is 14.8. The topological polar surface area (TPSA) is 113 Å². The molecular formula is C11H16N6O2S. The average molecular weight is 296 g/mol. The summed E-state index contributed by atoms with van der Waals surface area (Å²) in [6.45, 7) is 6.02. The van der Waals surface area contributed by atoms with Crippen LogP contribution in [0.15, 0.2) is 17.3 Å². The van der Waals surface area contributed by atoms with Crippen molar-refractivity contribution in [2.45, 2.75) is 25.7 Å². The Morgan fingerprint density at radius 2 is 1.90 bits per heavy atom. The van der Waals surface area contributed by atoms with Crippen molar-refractivity contribution in [3.05, 3.63) is 23.8 Å². The van der Waals surface area contributed by atoms with Gasteiger partial charge < -0.3 is 5.32 Å².